The molecule has 2 fully saturated rings. The van der Waals surface area contributed by atoms with Crippen molar-refractivity contribution in [1.82, 2.24) is 5.32 Å². The lowest BCUT2D eigenvalue weighted by Crippen LogP contribution is -2.42. The van der Waals surface area contributed by atoms with Crippen molar-refractivity contribution in [2.45, 2.75) is 69.7 Å². The Hall–Kier alpha value is 0.170. The van der Waals surface area contributed by atoms with Gasteiger partial charge >= 0.3 is 0 Å². The van der Waals surface area contributed by atoms with Crippen LogP contribution in [0.15, 0.2) is 4.99 Å². The third kappa shape index (κ3) is 3.19. The first-order valence-corrected chi connectivity index (χ1v) is 9.37. The van der Waals surface area contributed by atoms with Crippen LogP contribution in [0.2, 0.25) is 0 Å². The zero-order chi connectivity index (χ0) is 13.0. The summed E-state index contributed by atoms with van der Waals surface area (Å²) in [5.74, 6) is 2.41. The van der Waals surface area contributed by atoms with Crippen LogP contribution < -0.4 is 5.32 Å². The van der Waals surface area contributed by atoms with Crippen LogP contribution in [0.1, 0.15) is 52.9 Å². The second-order valence-electron chi connectivity index (χ2n) is 5.33. The van der Waals surface area contributed by atoms with Crippen molar-refractivity contribution >= 4 is 28.7 Å². The van der Waals surface area contributed by atoms with Crippen molar-refractivity contribution in [3.05, 3.63) is 0 Å². The number of hydrogen-bond donors (Lipinski definition) is 1. The zero-order valence-electron chi connectivity index (χ0n) is 11.9. The molecule has 1 saturated carbocycles. The van der Waals surface area contributed by atoms with Gasteiger partial charge in [-0.05, 0) is 31.4 Å². The van der Waals surface area contributed by atoms with Gasteiger partial charge in [0, 0.05) is 16.5 Å². The summed E-state index contributed by atoms with van der Waals surface area (Å²) in [7, 11) is 0. The first-order chi connectivity index (χ1) is 8.73. The Labute approximate surface area is 120 Å². The molecule has 1 saturated heterocycles. The number of thioether (sulfide) groups is 2. The summed E-state index contributed by atoms with van der Waals surface area (Å²) in [6.07, 6.45) is 6.41. The van der Waals surface area contributed by atoms with Crippen LogP contribution in [0.3, 0.4) is 0 Å². The molecule has 18 heavy (non-hydrogen) atoms. The van der Waals surface area contributed by atoms with Gasteiger partial charge < -0.3 is 5.32 Å². The molecule has 2 unspecified atom stereocenters. The van der Waals surface area contributed by atoms with Gasteiger partial charge in [-0.1, -0.05) is 39.0 Å². The molecule has 2 atom stereocenters. The molecule has 4 heteroatoms. The van der Waals surface area contributed by atoms with E-state index in [4.69, 9.17) is 4.99 Å². The predicted octanol–water partition coefficient (Wildman–Crippen LogP) is 3.91. The third-order valence-electron chi connectivity index (χ3n) is 4.29. The SMILES string of the molecule is CCSC1CCCC1N=C1NC(CC)(CC)CS1. The molecule has 0 aromatic rings. The number of aliphatic imine (C=N–C) groups is 1. The molecule has 0 amide bonds. The maximum absolute atomic E-state index is 5.01. The van der Waals surface area contributed by atoms with E-state index in [-0.39, 0.29) is 0 Å². The van der Waals surface area contributed by atoms with E-state index < -0.39 is 0 Å². The lowest BCUT2D eigenvalue weighted by molar-refractivity contribution is 0.407. The summed E-state index contributed by atoms with van der Waals surface area (Å²) in [5, 5.41) is 5.68. The van der Waals surface area contributed by atoms with E-state index in [0.717, 1.165) is 5.25 Å². The summed E-state index contributed by atoms with van der Waals surface area (Å²) in [4.78, 5) is 5.01. The predicted molar refractivity (Wildman–Crippen MR) is 85.9 cm³/mol. The van der Waals surface area contributed by atoms with Gasteiger partial charge in [0.25, 0.3) is 0 Å². The highest BCUT2D eigenvalue weighted by atomic mass is 32.2. The zero-order valence-corrected chi connectivity index (χ0v) is 13.5. The van der Waals surface area contributed by atoms with E-state index in [9.17, 15) is 0 Å². The molecule has 0 radical (unpaired) electrons. The Morgan fingerprint density at radius 1 is 1.33 bits per heavy atom. The molecule has 0 spiro atoms. The van der Waals surface area contributed by atoms with Crippen molar-refractivity contribution in [2.24, 2.45) is 4.99 Å². The van der Waals surface area contributed by atoms with Crippen LogP contribution in [0.25, 0.3) is 0 Å². The Morgan fingerprint density at radius 2 is 2.11 bits per heavy atom. The summed E-state index contributed by atoms with van der Waals surface area (Å²) in [5.41, 5.74) is 0.315. The van der Waals surface area contributed by atoms with Gasteiger partial charge in [-0.25, -0.2) is 0 Å². The van der Waals surface area contributed by atoms with Crippen molar-refractivity contribution in [3.8, 4) is 0 Å². The van der Waals surface area contributed by atoms with Gasteiger partial charge in [-0.3, -0.25) is 4.99 Å². The fourth-order valence-corrected chi connectivity index (χ4v) is 5.39. The van der Waals surface area contributed by atoms with E-state index >= 15 is 0 Å². The second-order valence-corrected chi connectivity index (χ2v) is 7.81. The van der Waals surface area contributed by atoms with Gasteiger partial charge in [0.05, 0.1) is 6.04 Å². The first kappa shape index (κ1) is 14.6. The summed E-state index contributed by atoms with van der Waals surface area (Å²) in [6.45, 7) is 6.82. The van der Waals surface area contributed by atoms with E-state index in [2.05, 4.69) is 37.8 Å². The molecule has 2 aliphatic rings. The standard InChI is InChI=1S/C14H26N2S2/c1-4-14(5-2)10-18-13(16-14)15-11-8-7-9-12(11)17-6-3/h11-12H,4-10H2,1-3H3,(H,15,16). The van der Waals surface area contributed by atoms with Crippen molar-refractivity contribution in [2.75, 3.05) is 11.5 Å². The lowest BCUT2D eigenvalue weighted by Gasteiger charge is -2.25. The van der Waals surface area contributed by atoms with E-state index in [1.165, 1.54) is 48.8 Å². The molecule has 1 aliphatic carbocycles. The Balaban J connectivity index is 1.97. The van der Waals surface area contributed by atoms with Crippen molar-refractivity contribution < 1.29 is 0 Å². The summed E-state index contributed by atoms with van der Waals surface area (Å²) in [6, 6.07) is 0.564. The molecule has 2 rings (SSSR count). The van der Waals surface area contributed by atoms with Crippen LogP contribution in [0, 0.1) is 0 Å². The highest BCUT2D eigenvalue weighted by Gasteiger charge is 2.35. The van der Waals surface area contributed by atoms with Gasteiger partial charge in [-0.2, -0.15) is 11.8 Å². The smallest absolute Gasteiger partial charge is 0.157 e. The quantitative estimate of drug-likeness (QED) is 0.829. The Morgan fingerprint density at radius 3 is 2.72 bits per heavy atom. The maximum Gasteiger partial charge on any atom is 0.157 e. The van der Waals surface area contributed by atoms with Gasteiger partial charge in [-0.15, -0.1) is 0 Å². The van der Waals surface area contributed by atoms with E-state index in [0.29, 0.717) is 11.6 Å². The lowest BCUT2D eigenvalue weighted by atomic mass is 9.96. The maximum atomic E-state index is 5.01. The molecule has 104 valence electrons. The van der Waals surface area contributed by atoms with E-state index in [1.54, 1.807) is 0 Å². The molecule has 2 nitrogen and oxygen atoms in total. The van der Waals surface area contributed by atoms with Crippen molar-refractivity contribution in [3.63, 3.8) is 0 Å². The monoisotopic (exact) mass is 286 g/mol. The molecule has 0 bridgehead atoms. The van der Waals surface area contributed by atoms with Crippen LogP contribution >= 0.6 is 23.5 Å². The fraction of sp³-hybridized carbons (Fsp3) is 0.929. The largest absolute Gasteiger partial charge is 0.359 e. The van der Waals surface area contributed by atoms with Gasteiger partial charge in [0.15, 0.2) is 5.17 Å². The number of hydrogen-bond acceptors (Lipinski definition) is 3. The number of nitrogens with one attached hydrogen (secondary N) is 1. The topological polar surface area (TPSA) is 24.4 Å². The highest BCUT2D eigenvalue weighted by Crippen LogP contribution is 2.34. The normalized spacial score (nSPS) is 32.9. The van der Waals surface area contributed by atoms with Crippen LogP contribution in [0.5, 0.6) is 0 Å². The molecule has 1 N–H and O–H groups in total. The van der Waals surface area contributed by atoms with Crippen LogP contribution in [-0.4, -0.2) is 33.5 Å². The summed E-state index contributed by atoms with van der Waals surface area (Å²) >= 11 is 4.03. The first-order valence-electron chi connectivity index (χ1n) is 7.33. The number of amidine groups is 1. The molecular weight excluding hydrogens is 260 g/mol. The van der Waals surface area contributed by atoms with Gasteiger partial charge in [0.1, 0.15) is 0 Å². The molecule has 0 aromatic carbocycles. The molecule has 1 aliphatic heterocycles. The molecule has 0 aromatic heterocycles. The van der Waals surface area contributed by atoms with Crippen molar-refractivity contribution in [1.29, 1.82) is 0 Å². The Bertz CT molecular complexity index is 300. The minimum absolute atomic E-state index is 0.315. The third-order valence-corrected chi connectivity index (χ3v) is 6.78. The summed E-state index contributed by atoms with van der Waals surface area (Å²) < 4.78 is 0. The number of nitrogens with zero attached hydrogens (tertiary/aromatic N) is 1. The van der Waals surface area contributed by atoms with E-state index in [1.807, 2.05) is 11.8 Å². The minimum Gasteiger partial charge on any atom is -0.359 e. The van der Waals surface area contributed by atoms with Gasteiger partial charge in [0.2, 0.25) is 0 Å². The minimum atomic E-state index is 0.315. The average molecular weight is 287 g/mol. The Kier molecular flexibility index (Phi) is 5.31. The molecule has 1 heterocycles. The fourth-order valence-electron chi connectivity index (χ4n) is 2.82. The van der Waals surface area contributed by atoms with Crippen LogP contribution in [-0.2, 0) is 0 Å². The number of rotatable bonds is 5. The average Bonchev–Trinajstić information content (AvgIpc) is 2.99. The van der Waals surface area contributed by atoms with Crippen LogP contribution in [0.4, 0.5) is 0 Å². The molecular formula is C14H26N2S2. The second kappa shape index (κ2) is 6.56. The highest BCUT2D eigenvalue weighted by molar-refractivity contribution is 8.14.